The molecule has 0 aromatic carbocycles. The number of aromatic nitrogens is 2. The Bertz CT molecular complexity index is 379. The number of imidazole rings is 1. The van der Waals surface area contributed by atoms with Gasteiger partial charge in [0.1, 0.15) is 5.82 Å². The Morgan fingerprint density at radius 2 is 2.06 bits per heavy atom. The van der Waals surface area contributed by atoms with Gasteiger partial charge >= 0.3 is 0 Å². The molecular formula is C14H25N3. The van der Waals surface area contributed by atoms with E-state index < -0.39 is 0 Å². The molecule has 0 saturated heterocycles. The average Bonchev–Trinajstić information content (AvgIpc) is 2.61. The highest BCUT2D eigenvalue weighted by atomic mass is 15.1. The van der Waals surface area contributed by atoms with Crippen LogP contribution in [-0.4, -0.2) is 16.1 Å². The lowest BCUT2D eigenvalue weighted by Crippen LogP contribution is -2.25. The summed E-state index contributed by atoms with van der Waals surface area (Å²) in [7, 11) is 0. The van der Waals surface area contributed by atoms with Crippen LogP contribution in [0.4, 0.5) is 0 Å². The second-order valence-electron chi connectivity index (χ2n) is 5.67. The van der Waals surface area contributed by atoms with Gasteiger partial charge < -0.3 is 9.88 Å². The van der Waals surface area contributed by atoms with Crippen LogP contribution in [0.5, 0.6) is 0 Å². The number of hydrogen-bond donors (Lipinski definition) is 1. The standard InChI is InChI=1S/C14H25N3/c1-10(2)5-6-11(3)17-12(4)16-13-9-15-8-7-14(13)17/h10-11,15H,5-9H2,1-4H3. The van der Waals surface area contributed by atoms with E-state index in [9.17, 15) is 0 Å². The Labute approximate surface area is 105 Å². The predicted molar refractivity (Wildman–Crippen MR) is 71.2 cm³/mol. The summed E-state index contributed by atoms with van der Waals surface area (Å²) in [6, 6.07) is 0.590. The van der Waals surface area contributed by atoms with Crippen molar-refractivity contribution in [3.05, 3.63) is 17.2 Å². The normalized spacial score (nSPS) is 17.2. The van der Waals surface area contributed by atoms with Crippen molar-refractivity contribution in [1.29, 1.82) is 0 Å². The fraction of sp³-hybridized carbons (Fsp3) is 0.786. The number of aryl methyl sites for hydroxylation is 1. The van der Waals surface area contributed by atoms with Gasteiger partial charge in [-0.1, -0.05) is 13.8 Å². The molecule has 1 aromatic heterocycles. The third-order valence-corrected chi connectivity index (χ3v) is 3.70. The van der Waals surface area contributed by atoms with Gasteiger partial charge in [0.25, 0.3) is 0 Å². The summed E-state index contributed by atoms with van der Waals surface area (Å²) >= 11 is 0. The van der Waals surface area contributed by atoms with Crippen LogP contribution in [0.1, 0.15) is 56.9 Å². The van der Waals surface area contributed by atoms with Gasteiger partial charge in [-0.2, -0.15) is 0 Å². The highest BCUT2D eigenvalue weighted by molar-refractivity contribution is 5.20. The van der Waals surface area contributed by atoms with E-state index in [1.165, 1.54) is 30.1 Å². The summed E-state index contributed by atoms with van der Waals surface area (Å²) < 4.78 is 2.47. The second-order valence-corrected chi connectivity index (χ2v) is 5.67. The van der Waals surface area contributed by atoms with Crippen LogP contribution in [0.25, 0.3) is 0 Å². The van der Waals surface area contributed by atoms with Crippen LogP contribution in [-0.2, 0) is 13.0 Å². The summed E-state index contributed by atoms with van der Waals surface area (Å²) in [5, 5.41) is 3.39. The molecule has 3 nitrogen and oxygen atoms in total. The molecule has 17 heavy (non-hydrogen) atoms. The molecule has 0 saturated carbocycles. The van der Waals surface area contributed by atoms with Gasteiger partial charge in [-0.3, -0.25) is 0 Å². The van der Waals surface area contributed by atoms with Gasteiger partial charge in [-0.15, -0.1) is 0 Å². The lowest BCUT2D eigenvalue weighted by Gasteiger charge is -2.21. The Hall–Kier alpha value is -0.830. The molecule has 0 spiro atoms. The van der Waals surface area contributed by atoms with E-state index >= 15 is 0 Å². The minimum Gasteiger partial charge on any atom is -0.329 e. The van der Waals surface area contributed by atoms with E-state index in [0.29, 0.717) is 6.04 Å². The summed E-state index contributed by atoms with van der Waals surface area (Å²) in [6.07, 6.45) is 3.68. The van der Waals surface area contributed by atoms with Gasteiger partial charge in [0.2, 0.25) is 0 Å². The van der Waals surface area contributed by atoms with E-state index in [4.69, 9.17) is 4.98 Å². The molecule has 0 fully saturated rings. The zero-order chi connectivity index (χ0) is 12.4. The van der Waals surface area contributed by atoms with Crippen molar-refractivity contribution in [2.45, 2.75) is 59.5 Å². The molecule has 0 radical (unpaired) electrons. The van der Waals surface area contributed by atoms with E-state index in [-0.39, 0.29) is 0 Å². The average molecular weight is 235 g/mol. The fourth-order valence-electron chi connectivity index (χ4n) is 2.76. The van der Waals surface area contributed by atoms with Gasteiger partial charge in [0.15, 0.2) is 0 Å². The molecule has 1 aliphatic heterocycles. The molecular weight excluding hydrogens is 210 g/mol. The van der Waals surface area contributed by atoms with Crippen molar-refractivity contribution in [1.82, 2.24) is 14.9 Å². The number of nitrogens with one attached hydrogen (secondary N) is 1. The van der Waals surface area contributed by atoms with E-state index in [1.54, 1.807) is 0 Å². The maximum absolute atomic E-state index is 4.70. The van der Waals surface area contributed by atoms with Gasteiger partial charge in [0.05, 0.1) is 5.69 Å². The predicted octanol–water partition coefficient (Wildman–Crippen LogP) is 2.83. The number of fused-ring (bicyclic) bond motifs is 1. The third-order valence-electron chi connectivity index (χ3n) is 3.70. The van der Waals surface area contributed by atoms with E-state index in [2.05, 4.69) is 37.6 Å². The minimum absolute atomic E-state index is 0.590. The molecule has 96 valence electrons. The van der Waals surface area contributed by atoms with Crippen LogP contribution in [0.2, 0.25) is 0 Å². The second kappa shape index (κ2) is 5.21. The number of hydrogen-bond acceptors (Lipinski definition) is 2. The topological polar surface area (TPSA) is 29.9 Å². The van der Waals surface area contributed by atoms with Crippen molar-refractivity contribution >= 4 is 0 Å². The molecule has 1 N–H and O–H groups in total. The molecule has 1 aliphatic rings. The maximum Gasteiger partial charge on any atom is 0.106 e. The zero-order valence-electron chi connectivity index (χ0n) is 11.6. The summed E-state index contributed by atoms with van der Waals surface area (Å²) in [5.74, 6) is 1.98. The van der Waals surface area contributed by atoms with Crippen LogP contribution >= 0.6 is 0 Å². The van der Waals surface area contributed by atoms with Crippen LogP contribution in [0, 0.1) is 12.8 Å². The van der Waals surface area contributed by atoms with Gasteiger partial charge in [-0.25, -0.2) is 4.98 Å². The first-order chi connectivity index (χ1) is 8.09. The molecule has 1 unspecified atom stereocenters. The minimum atomic E-state index is 0.590. The molecule has 0 bridgehead atoms. The van der Waals surface area contributed by atoms with Crippen molar-refractivity contribution in [3.63, 3.8) is 0 Å². The van der Waals surface area contributed by atoms with E-state index in [1.807, 2.05) is 0 Å². The quantitative estimate of drug-likeness (QED) is 0.869. The summed E-state index contributed by atoms with van der Waals surface area (Å²) in [5.41, 5.74) is 2.74. The van der Waals surface area contributed by atoms with Crippen LogP contribution in [0.15, 0.2) is 0 Å². The Morgan fingerprint density at radius 1 is 1.29 bits per heavy atom. The fourth-order valence-corrected chi connectivity index (χ4v) is 2.76. The SMILES string of the molecule is Cc1nc2c(n1C(C)CCC(C)C)CCNC2. The highest BCUT2D eigenvalue weighted by Crippen LogP contribution is 2.24. The zero-order valence-corrected chi connectivity index (χ0v) is 11.6. The molecule has 2 heterocycles. The Balaban J connectivity index is 2.16. The van der Waals surface area contributed by atoms with Crippen molar-refractivity contribution in [2.24, 2.45) is 5.92 Å². The largest absolute Gasteiger partial charge is 0.329 e. The van der Waals surface area contributed by atoms with Gasteiger partial charge in [-0.05, 0) is 32.6 Å². The molecule has 1 aromatic rings. The Kier molecular flexibility index (Phi) is 3.87. The molecule has 2 rings (SSSR count). The summed E-state index contributed by atoms with van der Waals surface area (Å²) in [6.45, 7) is 11.1. The highest BCUT2D eigenvalue weighted by Gasteiger charge is 2.20. The molecule has 0 amide bonds. The van der Waals surface area contributed by atoms with Crippen molar-refractivity contribution in [3.8, 4) is 0 Å². The lowest BCUT2D eigenvalue weighted by atomic mass is 10.0. The number of rotatable bonds is 4. The first-order valence-electron chi connectivity index (χ1n) is 6.87. The van der Waals surface area contributed by atoms with Crippen molar-refractivity contribution < 1.29 is 0 Å². The number of nitrogens with zero attached hydrogens (tertiary/aromatic N) is 2. The third kappa shape index (κ3) is 2.71. The monoisotopic (exact) mass is 235 g/mol. The van der Waals surface area contributed by atoms with Gasteiger partial charge in [0, 0.05) is 31.2 Å². The Morgan fingerprint density at radius 3 is 2.76 bits per heavy atom. The molecule has 0 aliphatic carbocycles. The molecule has 3 heteroatoms. The molecule has 1 atom stereocenters. The lowest BCUT2D eigenvalue weighted by molar-refractivity contribution is 0.421. The smallest absolute Gasteiger partial charge is 0.106 e. The van der Waals surface area contributed by atoms with Crippen LogP contribution < -0.4 is 5.32 Å². The van der Waals surface area contributed by atoms with E-state index in [0.717, 1.165) is 25.4 Å². The summed E-state index contributed by atoms with van der Waals surface area (Å²) in [4.78, 5) is 4.70. The first-order valence-corrected chi connectivity index (χ1v) is 6.87. The first kappa shape index (κ1) is 12.6. The van der Waals surface area contributed by atoms with Crippen molar-refractivity contribution in [2.75, 3.05) is 6.54 Å². The maximum atomic E-state index is 4.70. The van der Waals surface area contributed by atoms with Crippen LogP contribution in [0.3, 0.4) is 0 Å².